The molecule has 0 aliphatic heterocycles. The predicted octanol–water partition coefficient (Wildman–Crippen LogP) is 5.65. The maximum atomic E-state index is 13.5. The molecule has 0 aliphatic carbocycles. The number of ether oxygens (including phenoxy) is 1. The number of nitrogens with one attached hydrogen (secondary N) is 1. The van der Waals surface area contributed by atoms with Crippen LogP contribution in [0.3, 0.4) is 0 Å². The van der Waals surface area contributed by atoms with Gasteiger partial charge < -0.3 is 15.0 Å². The van der Waals surface area contributed by atoms with Gasteiger partial charge in [0.15, 0.2) is 6.61 Å². The fourth-order valence-electron chi connectivity index (χ4n) is 3.53. The molecule has 0 fully saturated rings. The van der Waals surface area contributed by atoms with Crippen molar-refractivity contribution in [3.63, 3.8) is 0 Å². The number of carbonyl (C=O) groups excluding carboxylic acids is 2. The molecule has 0 spiro atoms. The summed E-state index contributed by atoms with van der Waals surface area (Å²) in [4.78, 5) is 28.4. The highest BCUT2D eigenvalue weighted by Crippen LogP contribution is 2.28. The largest absolute Gasteiger partial charge is 0.482 e. The summed E-state index contributed by atoms with van der Waals surface area (Å²) in [5.74, 6) is -0.100. The second kappa shape index (κ2) is 12.6. The minimum Gasteiger partial charge on any atom is -0.482 e. The maximum absolute atomic E-state index is 13.5. The minimum absolute atomic E-state index is 0.0581. The average Bonchev–Trinajstić information content (AvgIpc) is 2.81. The third-order valence-corrected chi connectivity index (χ3v) is 5.93. The van der Waals surface area contributed by atoms with Crippen LogP contribution >= 0.6 is 27.5 Å². The van der Waals surface area contributed by atoms with Crippen LogP contribution in [0, 0.1) is 0 Å². The number of benzene rings is 3. The summed E-state index contributed by atoms with van der Waals surface area (Å²) in [5.41, 5.74) is 1.89. The number of amides is 2. The van der Waals surface area contributed by atoms with Gasteiger partial charge in [0.25, 0.3) is 5.91 Å². The lowest BCUT2D eigenvalue weighted by Gasteiger charge is -2.32. The van der Waals surface area contributed by atoms with Crippen LogP contribution in [0.5, 0.6) is 5.75 Å². The summed E-state index contributed by atoms with van der Waals surface area (Å²) >= 11 is 9.62. The summed E-state index contributed by atoms with van der Waals surface area (Å²) < 4.78 is 6.57. The van der Waals surface area contributed by atoms with Gasteiger partial charge in [-0.25, -0.2) is 0 Å². The van der Waals surface area contributed by atoms with Crippen LogP contribution in [0.25, 0.3) is 0 Å². The number of nitrogens with zero attached hydrogens (tertiary/aromatic N) is 1. The Bertz CT molecular complexity index is 1090. The second-order valence-electron chi connectivity index (χ2n) is 8.24. The van der Waals surface area contributed by atoms with Crippen molar-refractivity contribution in [3.05, 3.63) is 99.5 Å². The molecular weight excluding hydrogens is 516 g/mol. The molecule has 0 radical (unpaired) electrons. The van der Waals surface area contributed by atoms with E-state index >= 15 is 0 Å². The zero-order chi connectivity index (χ0) is 24.5. The van der Waals surface area contributed by atoms with Crippen molar-refractivity contribution >= 4 is 39.3 Å². The Labute approximate surface area is 214 Å². The van der Waals surface area contributed by atoms with E-state index in [-0.39, 0.29) is 31.0 Å². The highest BCUT2D eigenvalue weighted by molar-refractivity contribution is 9.10. The lowest BCUT2D eigenvalue weighted by Crippen LogP contribution is -2.52. The van der Waals surface area contributed by atoms with E-state index in [4.69, 9.17) is 16.3 Å². The maximum Gasteiger partial charge on any atom is 0.261 e. The van der Waals surface area contributed by atoms with Crippen molar-refractivity contribution in [1.29, 1.82) is 0 Å². The summed E-state index contributed by atoms with van der Waals surface area (Å²) in [6.07, 6.45) is 0.386. The van der Waals surface area contributed by atoms with E-state index in [1.54, 1.807) is 23.1 Å². The fourth-order valence-corrected chi connectivity index (χ4v) is 4.26. The highest BCUT2D eigenvalue weighted by atomic mass is 79.9. The molecule has 0 heterocycles. The van der Waals surface area contributed by atoms with E-state index in [0.717, 1.165) is 15.6 Å². The van der Waals surface area contributed by atoms with Gasteiger partial charge in [0.05, 0.1) is 5.02 Å². The van der Waals surface area contributed by atoms with Crippen molar-refractivity contribution in [2.24, 2.45) is 0 Å². The molecular formula is C27H28BrClN2O3. The first kappa shape index (κ1) is 25.8. The normalized spacial score (nSPS) is 11.7. The summed E-state index contributed by atoms with van der Waals surface area (Å²) in [6, 6.07) is 23.7. The summed E-state index contributed by atoms with van der Waals surface area (Å²) in [6.45, 7) is 3.84. The fraction of sp³-hybridized carbons (Fsp3) is 0.259. The van der Waals surface area contributed by atoms with E-state index in [9.17, 15) is 9.59 Å². The van der Waals surface area contributed by atoms with Gasteiger partial charge in [0, 0.05) is 23.5 Å². The van der Waals surface area contributed by atoms with E-state index < -0.39 is 6.04 Å². The zero-order valence-electron chi connectivity index (χ0n) is 19.2. The van der Waals surface area contributed by atoms with E-state index in [0.29, 0.717) is 17.2 Å². The molecule has 1 unspecified atom stereocenters. The number of hydrogen-bond donors (Lipinski definition) is 1. The molecule has 178 valence electrons. The molecule has 1 atom stereocenters. The van der Waals surface area contributed by atoms with E-state index in [1.165, 1.54) is 0 Å². The predicted molar refractivity (Wildman–Crippen MR) is 139 cm³/mol. The molecule has 3 aromatic carbocycles. The Morgan fingerprint density at radius 3 is 2.18 bits per heavy atom. The van der Waals surface area contributed by atoms with Gasteiger partial charge in [-0.15, -0.1) is 0 Å². The first-order valence-electron chi connectivity index (χ1n) is 11.1. The Hall–Kier alpha value is -2.83. The highest BCUT2D eigenvalue weighted by Gasteiger charge is 2.31. The van der Waals surface area contributed by atoms with Crippen LogP contribution < -0.4 is 10.1 Å². The molecule has 3 aromatic rings. The monoisotopic (exact) mass is 542 g/mol. The lowest BCUT2D eigenvalue weighted by molar-refractivity contribution is -0.143. The van der Waals surface area contributed by atoms with Gasteiger partial charge >= 0.3 is 0 Å². The number of carbonyl (C=O) groups is 2. The zero-order valence-corrected chi connectivity index (χ0v) is 21.6. The van der Waals surface area contributed by atoms with Gasteiger partial charge in [0.2, 0.25) is 5.91 Å². The van der Waals surface area contributed by atoms with Crippen LogP contribution in [0.1, 0.15) is 25.0 Å². The molecule has 3 rings (SSSR count). The van der Waals surface area contributed by atoms with E-state index in [1.807, 2.05) is 74.5 Å². The van der Waals surface area contributed by atoms with Crippen molar-refractivity contribution in [2.45, 2.75) is 38.9 Å². The van der Waals surface area contributed by atoms with Crippen molar-refractivity contribution in [2.75, 3.05) is 6.61 Å². The van der Waals surface area contributed by atoms with Gasteiger partial charge in [-0.05, 0) is 43.2 Å². The van der Waals surface area contributed by atoms with Crippen LogP contribution in [0.4, 0.5) is 0 Å². The Morgan fingerprint density at radius 2 is 1.59 bits per heavy atom. The van der Waals surface area contributed by atoms with E-state index in [2.05, 4.69) is 21.2 Å². The SMILES string of the molecule is CC(C)NC(=O)C(Cc1ccccc1)N(Cc1ccccc1)C(=O)COc1ccc(Br)cc1Cl. The standard InChI is InChI=1S/C27H28BrClN2O3/c1-19(2)30-27(33)24(15-20-9-5-3-6-10-20)31(17-21-11-7-4-8-12-21)26(32)18-34-25-14-13-22(28)16-23(25)29/h3-14,16,19,24H,15,17-18H2,1-2H3,(H,30,33). The second-order valence-corrected chi connectivity index (χ2v) is 9.56. The van der Waals surface area contributed by atoms with Gasteiger partial charge in [-0.3, -0.25) is 9.59 Å². The molecule has 0 aromatic heterocycles. The quantitative estimate of drug-likeness (QED) is 0.360. The Balaban J connectivity index is 1.89. The van der Waals surface area contributed by atoms with Crippen LogP contribution in [-0.4, -0.2) is 35.4 Å². The van der Waals surface area contributed by atoms with Crippen molar-refractivity contribution < 1.29 is 14.3 Å². The van der Waals surface area contributed by atoms with Crippen LogP contribution in [-0.2, 0) is 22.6 Å². The van der Waals surface area contributed by atoms with Gasteiger partial charge in [-0.1, -0.05) is 88.2 Å². The molecule has 0 saturated heterocycles. The third-order valence-electron chi connectivity index (χ3n) is 5.14. The number of hydrogen-bond acceptors (Lipinski definition) is 3. The van der Waals surface area contributed by atoms with Gasteiger partial charge in [0.1, 0.15) is 11.8 Å². The smallest absolute Gasteiger partial charge is 0.261 e. The minimum atomic E-state index is -0.707. The van der Waals surface area contributed by atoms with Crippen LogP contribution in [0.15, 0.2) is 83.3 Å². The molecule has 0 saturated carbocycles. The molecule has 7 heteroatoms. The summed E-state index contributed by atoms with van der Waals surface area (Å²) in [5, 5.41) is 3.37. The van der Waals surface area contributed by atoms with Crippen LogP contribution in [0.2, 0.25) is 5.02 Å². The molecule has 1 N–H and O–H groups in total. The Kier molecular flexibility index (Phi) is 9.54. The molecule has 5 nitrogen and oxygen atoms in total. The first-order valence-corrected chi connectivity index (χ1v) is 12.3. The third kappa shape index (κ3) is 7.61. The number of rotatable bonds is 10. The van der Waals surface area contributed by atoms with Crippen molar-refractivity contribution in [1.82, 2.24) is 10.2 Å². The number of halogens is 2. The average molecular weight is 544 g/mol. The molecule has 0 aliphatic rings. The van der Waals surface area contributed by atoms with Gasteiger partial charge in [-0.2, -0.15) is 0 Å². The molecule has 2 amide bonds. The molecule has 0 bridgehead atoms. The lowest BCUT2D eigenvalue weighted by atomic mass is 10.0. The topological polar surface area (TPSA) is 58.6 Å². The first-order chi connectivity index (χ1) is 16.3. The molecule has 34 heavy (non-hydrogen) atoms. The summed E-state index contributed by atoms with van der Waals surface area (Å²) in [7, 11) is 0. The van der Waals surface area contributed by atoms with Crippen molar-refractivity contribution in [3.8, 4) is 5.75 Å². The Morgan fingerprint density at radius 1 is 0.971 bits per heavy atom.